The van der Waals surface area contributed by atoms with Crippen LogP contribution in [0.15, 0.2) is 42.6 Å². The van der Waals surface area contributed by atoms with Crippen molar-refractivity contribution in [3.05, 3.63) is 48.2 Å². The molecule has 0 bridgehead atoms. The highest BCUT2D eigenvalue weighted by atomic mass is 16.5. The van der Waals surface area contributed by atoms with Gasteiger partial charge in [-0.1, -0.05) is 18.2 Å². The van der Waals surface area contributed by atoms with Gasteiger partial charge in [0.15, 0.2) is 5.82 Å². The van der Waals surface area contributed by atoms with Crippen molar-refractivity contribution in [2.45, 2.75) is 25.7 Å². The van der Waals surface area contributed by atoms with Crippen LogP contribution in [0.1, 0.15) is 31.2 Å². The van der Waals surface area contributed by atoms with Gasteiger partial charge >= 0.3 is 0 Å². The Bertz CT molecular complexity index is 761. The first-order valence-corrected chi connectivity index (χ1v) is 7.87. The number of hydrogen-bond donors (Lipinski definition) is 2. The number of aromatic nitrogens is 1. The van der Waals surface area contributed by atoms with Gasteiger partial charge in [-0.05, 0) is 36.1 Å². The summed E-state index contributed by atoms with van der Waals surface area (Å²) < 4.78 is 5.62. The van der Waals surface area contributed by atoms with Crippen LogP contribution in [0.3, 0.4) is 0 Å². The minimum absolute atomic E-state index is 0.114. The number of hydrogen-bond acceptors (Lipinski definition) is 4. The third-order valence-corrected chi connectivity index (χ3v) is 3.89. The van der Waals surface area contributed by atoms with E-state index in [1.807, 2.05) is 24.3 Å². The van der Waals surface area contributed by atoms with Gasteiger partial charge in [0.2, 0.25) is 11.8 Å². The lowest BCUT2D eigenvalue weighted by Crippen LogP contribution is -2.21. The summed E-state index contributed by atoms with van der Waals surface area (Å²) >= 11 is 0. The fraction of sp³-hybridized carbons (Fsp3) is 0.278. The summed E-state index contributed by atoms with van der Waals surface area (Å²) in [5.74, 6) is 0.970. The highest BCUT2D eigenvalue weighted by Crippen LogP contribution is 2.35. The third-order valence-electron chi connectivity index (χ3n) is 3.89. The molecular formula is C18H19N3O3. The Morgan fingerprint density at radius 3 is 2.88 bits per heavy atom. The Hall–Kier alpha value is -2.89. The molecule has 0 unspecified atom stereocenters. The van der Waals surface area contributed by atoms with Crippen molar-refractivity contribution in [1.29, 1.82) is 0 Å². The number of rotatable bonds is 4. The Balaban J connectivity index is 1.70. The number of anilines is 2. The summed E-state index contributed by atoms with van der Waals surface area (Å²) in [6.07, 6.45) is 2.71. The van der Waals surface area contributed by atoms with E-state index in [1.54, 1.807) is 18.3 Å². The number of carbonyl (C=O) groups is 2. The normalized spacial score (nSPS) is 15.8. The molecule has 6 heteroatoms. The predicted molar refractivity (Wildman–Crippen MR) is 91.1 cm³/mol. The van der Waals surface area contributed by atoms with Crippen LogP contribution in [-0.2, 0) is 9.59 Å². The van der Waals surface area contributed by atoms with Crippen LogP contribution < -0.4 is 15.4 Å². The van der Waals surface area contributed by atoms with Gasteiger partial charge in [-0.3, -0.25) is 9.59 Å². The van der Waals surface area contributed by atoms with Crippen LogP contribution in [0.25, 0.3) is 0 Å². The number of para-hydroxylation sites is 1. The fourth-order valence-electron chi connectivity index (χ4n) is 2.83. The first kappa shape index (κ1) is 16.0. The summed E-state index contributed by atoms with van der Waals surface area (Å²) in [7, 11) is 0. The van der Waals surface area contributed by atoms with Crippen molar-refractivity contribution in [2.24, 2.45) is 0 Å². The molecule has 6 nitrogen and oxygen atoms in total. The molecule has 0 radical (unpaired) electrons. The van der Waals surface area contributed by atoms with Crippen LogP contribution in [0.4, 0.5) is 11.5 Å². The van der Waals surface area contributed by atoms with Gasteiger partial charge in [0.1, 0.15) is 5.75 Å². The van der Waals surface area contributed by atoms with Gasteiger partial charge in [0.25, 0.3) is 0 Å². The first-order chi connectivity index (χ1) is 11.6. The molecule has 24 heavy (non-hydrogen) atoms. The molecule has 2 N–H and O–H groups in total. The minimum atomic E-state index is -0.211. The number of carbonyl (C=O) groups excluding carboxylic acids is 2. The van der Waals surface area contributed by atoms with E-state index in [2.05, 4.69) is 15.6 Å². The van der Waals surface area contributed by atoms with Gasteiger partial charge in [0.05, 0.1) is 12.3 Å². The molecule has 2 heterocycles. The van der Waals surface area contributed by atoms with Crippen molar-refractivity contribution in [3.8, 4) is 5.75 Å². The van der Waals surface area contributed by atoms with E-state index in [4.69, 9.17) is 4.74 Å². The van der Waals surface area contributed by atoms with E-state index in [0.29, 0.717) is 24.5 Å². The second kappa shape index (κ2) is 7.12. The van der Waals surface area contributed by atoms with E-state index >= 15 is 0 Å². The molecule has 0 fully saturated rings. The zero-order valence-electron chi connectivity index (χ0n) is 13.4. The van der Waals surface area contributed by atoms with Crippen molar-refractivity contribution in [3.63, 3.8) is 0 Å². The van der Waals surface area contributed by atoms with Crippen LogP contribution in [0, 0.1) is 0 Å². The highest BCUT2D eigenvalue weighted by Gasteiger charge is 2.24. The molecule has 0 spiro atoms. The first-order valence-electron chi connectivity index (χ1n) is 7.87. The van der Waals surface area contributed by atoms with E-state index in [1.165, 1.54) is 6.92 Å². The summed E-state index contributed by atoms with van der Waals surface area (Å²) in [4.78, 5) is 27.8. The molecule has 1 atom stereocenters. The Kier molecular flexibility index (Phi) is 4.74. The van der Waals surface area contributed by atoms with Crippen LogP contribution in [-0.4, -0.2) is 23.4 Å². The van der Waals surface area contributed by atoms with Crippen molar-refractivity contribution < 1.29 is 14.3 Å². The monoisotopic (exact) mass is 325 g/mol. The molecule has 2 aromatic rings. The molecule has 2 amide bonds. The molecule has 1 aromatic carbocycles. The Morgan fingerprint density at radius 2 is 2.04 bits per heavy atom. The van der Waals surface area contributed by atoms with E-state index in [0.717, 1.165) is 17.7 Å². The minimum Gasteiger partial charge on any atom is -0.493 e. The largest absolute Gasteiger partial charge is 0.493 e. The lowest BCUT2D eigenvalue weighted by Gasteiger charge is -2.25. The number of pyridine rings is 1. The second-order valence-corrected chi connectivity index (χ2v) is 5.70. The van der Waals surface area contributed by atoms with Crippen molar-refractivity contribution in [2.75, 3.05) is 17.2 Å². The molecule has 1 aromatic heterocycles. The van der Waals surface area contributed by atoms with E-state index in [9.17, 15) is 9.59 Å². The molecule has 0 saturated carbocycles. The Morgan fingerprint density at radius 1 is 1.21 bits per heavy atom. The van der Waals surface area contributed by atoms with Gasteiger partial charge < -0.3 is 15.4 Å². The maximum Gasteiger partial charge on any atom is 0.226 e. The average molecular weight is 325 g/mol. The smallest absolute Gasteiger partial charge is 0.226 e. The number of ether oxygens (including phenoxy) is 1. The maximum atomic E-state index is 12.4. The van der Waals surface area contributed by atoms with Crippen molar-refractivity contribution >= 4 is 23.3 Å². The van der Waals surface area contributed by atoms with Gasteiger partial charge in [-0.15, -0.1) is 0 Å². The third kappa shape index (κ3) is 3.71. The van der Waals surface area contributed by atoms with Crippen LogP contribution in [0.5, 0.6) is 5.75 Å². The quantitative estimate of drug-likeness (QED) is 0.906. The molecule has 124 valence electrons. The number of fused-ring (bicyclic) bond motifs is 1. The molecule has 3 rings (SSSR count). The lowest BCUT2D eigenvalue weighted by atomic mass is 9.90. The zero-order valence-corrected chi connectivity index (χ0v) is 13.4. The molecule has 0 aliphatic carbocycles. The summed E-state index contributed by atoms with van der Waals surface area (Å²) in [5, 5.41) is 5.45. The summed E-state index contributed by atoms with van der Waals surface area (Å²) in [6.45, 7) is 2.02. The van der Waals surface area contributed by atoms with E-state index in [-0.39, 0.29) is 17.7 Å². The van der Waals surface area contributed by atoms with Gasteiger partial charge in [0, 0.05) is 19.5 Å². The molecule has 1 aliphatic rings. The van der Waals surface area contributed by atoms with Crippen LogP contribution in [0.2, 0.25) is 0 Å². The second-order valence-electron chi connectivity index (χ2n) is 5.70. The molecular weight excluding hydrogens is 306 g/mol. The average Bonchev–Trinajstić information content (AvgIpc) is 2.56. The number of benzene rings is 1. The summed E-state index contributed by atoms with van der Waals surface area (Å²) in [5.41, 5.74) is 1.55. The fourth-order valence-corrected chi connectivity index (χ4v) is 2.83. The lowest BCUT2D eigenvalue weighted by molar-refractivity contribution is -0.117. The predicted octanol–water partition coefficient (Wildman–Crippen LogP) is 2.93. The topological polar surface area (TPSA) is 80.3 Å². The highest BCUT2D eigenvalue weighted by molar-refractivity contribution is 5.97. The molecule has 0 saturated heterocycles. The van der Waals surface area contributed by atoms with Crippen LogP contribution >= 0.6 is 0 Å². The van der Waals surface area contributed by atoms with Gasteiger partial charge in [-0.2, -0.15) is 0 Å². The molecule has 1 aliphatic heterocycles. The number of amides is 2. The number of nitrogens with zero attached hydrogens (tertiary/aromatic N) is 1. The Labute approximate surface area is 140 Å². The SMILES string of the molecule is CC(=O)Nc1cccnc1NC(=O)C[C@H]1CCOc2ccccc21. The van der Waals surface area contributed by atoms with Gasteiger partial charge in [-0.25, -0.2) is 4.98 Å². The standard InChI is InChI=1S/C18H19N3O3/c1-12(22)20-15-6-4-9-19-18(15)21-17(23)11-13-8-10-24-16-7-3-2-5-14(13)16/h2-7,9,13H,8,10-11H2,1H3,(H,20,22)(H,19,21,23)/t13-/m1/s1. The summed E-state index contributed by atoms with van der Waals surface area (Å²) in [6, 6.07) is 11.2. The van der Waals surface area contributed by atoms with Crippen molar-refractivity contribution in [1.82, 2.24) is 4.98 Å². The zero-order chi connectivity index (χ0) is 16.9. The maximum absolute atomic E-state index is 12.4. The van der Waals surface area contributed by atoms with E-state index < -0.39 is 0 Å². The number of nitrogens with one attached hydrogen (secondary N) is 2.